The van der Waals surface area contributed by atoms with E-state index < -0.39 is 12.0 Å². The number of urea groups is 1. The van der Waals surface area contributed by atoms with Crippen LogP contribution in [0.2, 0.25) is 0 Å². The van der Waals surface area contributed by atoms with Crippen LogP contribution in [-0.4, -0.2) is 47.8 Å². The smallest absolute Gasteiger partial charge is 0.328 e. The third-order valence-corrected chi connectivity index (χ3v) is 3.54. The molecule has 1 atom stereocenters. The van der Waals surface area contributed by atoms with Crippen molar-refractivity contribution in [2.45, 2.75) is 12.6 Å². The second-order valence-corrected chi connectivity index (χ2v) is 4.89. The lowest BCUT2D eigenvalue weighted by atomic mass is 10.2. The van der Waals surface area contributed by atoms with Gasteiger partial charge in [0, 0.05) is 11.4 Å². The van der Waals surface area contributed by atoms with Gasteiger partial charge < -0.3 is 20.1 Å². The maximum atomic E-state index is 11.9. The highest BCUT2D eigenvalue weighted by molar-refractivity contribution is 7.09. The van der Waals surface area contributed by atoms with Gasteiger partial charge in [-0.15, -0.1) is 11.3 Å². The number of rotatable bonds is 3. The molecule has 0 bridgehead atoms. The summed E-state index contributed by atoms with van der Waals surface area (Å²) in [5.41, 5.74) is 0. The van der Waals surface area contributed by atoms with Crippen molar-refractivity contribution in [1.82, 2.24) is 10.2 Å². The van der Waals surface area contributed by atoms with Crippen molar-refractivity contribution < 1.29 is 19.4 Å². The standard InChI is InChI=1S/C11H14N2O4S/c14-10(15)9-7-17-4-3-13(9)11(16)12-6-8-2-1-5-18-8/h1-2,5,9H,3-4,6-7H2,(H,12,16)(H,14,15). The zero-order chi connectivity index (χ0) is 13.0. The Hall–Kier alpha value is -1.60. The van der Waals surface area contributed by atoms with Crippen LogP contribution < -0.4 is 5.32 Å². The number of carboxylic acids is 1. The minimum atomic E-state index is -1.04. The van der Waals surface area contributed by atoms with Crippen LogP contribution in [0, 0.1) is 0 Å². The van der Waals surface area contributed by atoms with Gasteiger partial charge in [0.15, 0.2) is 6.04 Å². The summed E-state index contributed by atoms with van der Waals surface area (Å²) in [6.45, 7) is 1.13. The predicted octanol–water partition coefficient (Wildman–Crippen LogP) is 0.743. The number of aliphatic carboxylic acids is 1. The zero-order valence-electron chi connectivity index (χ0n) is 9.67. The van der Waals surface area contributed by atoms with E-state index in [-0.39, 0.29) is 12.6 Å². The summed E-state index contributed by atoms with van der Waals surface area (Å²) in [7, 11) is 0. The zero-order valence-corrected chi connectivity index (χ0v) is 10.5. The van der Waals surface area contributed by atoms with Crippen molar-refractivity contribution in [1.29, 1.82) is 0 Å². The third-order valence-electron chi connectivity index (χ3n) is 2.67. The molecule has 6 nitrogen and oxygen atoms in total. The molecule has 0 aliphatic carbocycles. The second-order valence-electron chi connectivity index (χ2n) is 3.86. The van der Waals surface area contributed by atoms with Crippen LogP contribution in [-0.2, 0) is 16.1 Å². The number of hydrogen-bond acceptors (Lipinski definition) is 4. The Labute approximate surface area is 108 Å². The second kappa shape index (κ2) is 5.83. The first-order valence-electron chi connectivity index (χ1n) is 5.56. The summed E-state index contributed by atoms with van der Waals surface area (Å²) < 4.78 is 5.07. The number of ether oxygens (including phenoxy) is 1. The van der Waals surface area contributed by atoms with E-state index in [0.29, 0.717) is 19.7 Å². The number of carbonyl (C=O) groups is 2. The first kappa shape index (κ1) is 12.8. The lowest BCUT2D eigenvalue weighted by molar-refractivity contribution is -0.147. The van der Waals surface area contributed by atoms with Crippen molar-refractivity contribution in [3.05, 3.63) is 22.4 Å². The van der Waals surface area contributed by atoms with E-state index in [1.807, 2.05) is 17.5 Å². The van der Waals surface area contributed by atoms with E-state index in [2.05, 4.69) is 5.32 Å². The number of nitrogens with one attached hydrogen (secondary N) is 1. The molecule has 1 aliphatic rings. The topological polar surface area (TPSA) is 78.9 Å². The molecule has 0 spiro atoms. The minimum Gasteiger partial charge on any atom is -0.480 e. The van der Waals surface area contributed by atoms with Gasteiger partial charge in [0.2, 0.25) is 0 Å². The number of nitrogens with zero attached hydrogens (tertiary/aromatic N) is 1. The normalized spacial score (nSPS) is 19.6. The molecule has 1 saturated heterocycles. The summed E-state index contributed by atoms with van der Waals surface area (Å²) in [4.78, 5) is 25.2. The first-order chi connectivity index (χ1) is 8.68. The SMILES string of the molecule is O=C(O)C1COCCN1C(=O)NCc1cccs1. The molecule has 7 heteroatoms. The molecule has 1 fully saturated rings. The molecule has 2 amide bonds. The average molecular weight is 270 g/mol. The molecule has 2 heterocycles. The van der Waals surface area contributed by atoms with Gasteiger partial charge in [-0.2, -0.15) is 0 Å². The number of amides is 2. The van der Waals surface area contributed by atoms with Crippen LogP contribution in [0.3, 0.4) is 0 Å². The number of carbonyl (C=O) groups excluding carboxylic acids is 1. The molecule has 0 aromatic carbocycles. The molecule has 1 unspecified atom stereocenters. The van der Waals surface area contributed by atoms with Crippen LogP contribution in [0.4, 0.5) is 4.79 Å². The molecule has 2 N–H and O–H groups in total. The first-order valence-corrected chi connectivity index (χ1v) is 6.44. The number of thiophene rings is 1. The molecule has 98 valence electrons. The van der Waals surface area contributed by atoms with E-state index in [4.69, 9.17) is 9.84 Å². The van der Waals surface area contributed by atoms with E-state index >= 15 is 0 Å². The van der Waals surface area contributed by atoms with Gasteiger partial charge in [-0.1, -0.05) is 6.07 Å². The van der Waals surface area contributed by atoms with E-state index in [9.17, 15) is 9.59 Å². The fourth-order valence-electron chi connectivity index (χ4n) is 1.73. The quantitative estimate of drug-likeness (QED) is 0.849. The van der Waals surface area contributed by atoms with Gasteiger partial charge >= 0.3 is 12.0 Å². The molecule has 0 saturated carbocycles. The molecule has 2 rings (SSSR count). The van der Waals surface area contributed by atoms with Gasteiger partial charge in [0.25, 0.3) is 0 Å². The molecule has 1 aromatic heterocycles. The van der Waals surface area contributed by atoms with E-state index in [1.165, 1.54) is 4.90 Å². The summed E-state index contributed by atoms with van der Waals surface area (Å²) >= 11 is 1.54. The maximum absolute atomic E-state index is 11.9. The van der Waals surface area contributed by atoms with Crippen LogP contribution in [0.15, 0.2) is 17.5 Å². The number of hydrogen-bond donors (Lipinski definition) is 2. The van der Waals surface area contributed by atoms with E-state index in [1.54, 1.807) is 11.3 Å². The summed E-state index contributed by atoms with van der Waals surface area (Å²) in [6.07, 6.45) is 0. The Kier molecular flexibility index (Phi) is 4.16. The van der Waals surface area contributed by atoms with Gasteiger partial charge in [-0.25, -0.2) is 9.59 Å². The minimum absolute atomic E-state index is 0.0434. The lowest BCUT2D eigenvalue weighted by Crippen LogP contribution is -2.55. The van der Waals surface area contributed by atoms with Crippen molar-refractivity contribution in [3.8, 4) is 0 Å². The van der Waals surface area contributed by atoms with Gasteiger partial charge in [0.05, 0.1) is 19.8 Å². The Balaban J connectivity index is 1.92. The Bertz CT molecular complexity index is 421. The molecule has 1 aliphatic heterocycles. The number of carboxylic acid groups (broad SMARTS) is 1. The maximum Gasteiger partial charge on any atom is 0.328 e. The van der Waals surface area contributed by atoms with Crippen molar-refractivity contribution in [3.63, 3.8) is 0 Å². The highest BCUT2D eigenvalue weighted by Crippen LogP contribution is 2.10. The monoisotopic (exact) mass is 270 g/mol. The molecule has 0 radical (unpaired) electrons. The summed E-state index contributed by atoms with van der Waals surface area (Å²) in [5.74, 6) is -1.04. The summed E-state index contributed by atoms with van der Waals surface area (Å²) in [6, 6.07) is 2.56. The van der Waals surface area contributed by atoms with Crippen molar-refractivity contribution in [2.24, 2.45) is 0 Å². The Morgan fingerprint density at radius 1 is 1.61 bits per heavy atom. The van der Waals surface area contributed by atoms with Gasteiger partial charge in [-0.05, 0) is 11.4 Å². The Morgan fingerprint density at radius 2 is 2.44 bits per heavy atom. The van der Waals surface area contributed by atoms with Crippen LogP contribution in [0.1, 0.15) is 4.88 Å². The molecule has 18 heavy (non-hydrogen) atoms. The number of morpholine rings is 1. The fourth-order valence-corrected chi connectivity index (χ4v) is 2.37. The molecular weight excluding hydrogens is 256 g/mol. The fraction of sp³-hybridized carbons (Fsp3) is 0.455. The van der Waals surface area contributed by atoms with Crippen molar-refractivity contribution in [2.75, 3.05) is 19.8 Å². The molecule has 1 aromatic rings. The Morgan fingerprint density at radius 3 is 3.11 bits per heavy atom. The lowest BCUT2D eigenvalue weighted by Gasteiger charge is -2.32. The van der Waals surface area contributed by atoms with Crippen LogP contribution >= 0.6 is 11.3 Å². The summed E-state index contributed by atoms with van der Waals surface area (Å²) in [5, 5.41) is 13.7. The third kappa shape index (κ3) is 2.99. The molecular formula is C11H14N2O4S. The van der Waals surface area contributed by atoms with Crippen LogP contribution in [0.5, 0.6) is 0 Å². The van der Waals surface area contributed by atoms with Gasteiger partial charge in [0.1, 0.15) is 0 Å². The predicted molar refractivity (Wildman–Crippen MR) is 65.5 cm³/mol. The van der Waals surface area contributed by atoms with Crippen LogP contribution in [0.25, 0.3) is 0 Å². The average Bonchev–Trinajstić information content (AvgIpc) is 2.89. The van der Waals surface area contributed by atoms with E-state index in [0.717, 1.165) is 4.88 Å². The largest absolute Gasteiger partial charge is 0.480 e. The van der Waals surface area contributed by atoms with Gasteiger partial charge in [-0.3, -0.25) is 0 Å². The highest BCUT2D eigenvalue weighted by Gasteiger charge is 2.32. The van der Waals surface area contributed by atoms with Crippen molar-refractivity contribution >= 4 is 23.3 Å². The highest BCUT2D eigenvalue weighted by atomic mass is 32.1.